The largest absolute Gasteiger partial charge is 0.271 e. The van der Waals surface area contributed by atoms with Crippen LogP contribution in [0.5, 0.6) is 0 Å². The van der Waals surface area contributed by atoms with Gasteiger partial charge in [-0.3, -0.25) is 4.79 Å². The predicted molar refractivity (Wildman–Crippen MR) is 113 cm³/mol. The van der Waals surface area contributed by atoms with Crippen molar-refractivity contribution in [2.75, 3.05) is 0 Å². The van der Waals surface area contributed by atoms with E-state index in [4.69, 9.17) is 0 Å². The van der Waals surface area contributed by atoms with Crippen molar-refractivity contribution in [3.8, 4) is 11.4 Å². The van der Waals surface area contributed by atoms with Crippen molar-refractivity contribution in [2.45, 2.75) is 19.0 Å². The lowest BCUT2D eigenvalue weighted by Gasteiger charge is -2.20. The number of aromatic nitrogens is 4. The second kappa shape index (κ2) is 7.88. The first kappa shape index (κ1) is 18.8. The Labute approximate surface area is 179 Å². The Balaban J connectivity index is 1.38. The van der Waals surface area contributed by atoms with Crippen LogP contribution in [0.2, 0.25) is 0 Å². The fraction of sp³-hybridized carbons (Fsp3) is 0.150. The van der Waals surface area contributed by atoms with Crippen molar-refractivity contribution in [1.29, 1.82) is 0 Å². The Morgan fingerprint density at radius 1 is 1.13 bits per heavy atom. The van der Waals surface area contributed by atoms with Crippen molar-refractivity contribution in [3.63, 3.8) is 0 Å². The number of hydrazone groups is 1. The molecule has 0 saturated heterocycles. The molecular weight excluding hydrogens is 423 g/mol. The number of hydrogen-bond acceptors (Lipinski definition) is 7. The number of thiophene rings is 2. The van der Waals surface area contributed by atoms with Crippen LogP contribution in [0.25, 0.3) is 11.4 Å². The van der Waals surface area contributed by atoms with E-state index in [0.717, 1.165) is 15.5 Å². The minimum atomic E-state index is -0.383. The van der Waals surface area contributed by atoms with Gasteiger partial charge in [0.15, 0.2) is 0 Å². The van der Waals surface area contributed by atoms with Gasteiger partial charge in [0.2, 0.25) is 5.82 Å². The maximum atomic E-state index is 13.4. The molecule has 10 heteroatoms. The van der Waals surface area contributed by atoms with Crippen molar-refractivity contribution >= 4 is 34.3 Å². The number of nitrogens with zero attached hydrogens (tertiary/aromatic N) is 6. The molecule has 0 saturated carbocycles. The van der Waals surface area contributed by atoms with Crippen LogP contribution in [0, 0.1) is 5.82 Å². The number of benzene rings is 1. The smallest absolute Gasteiger partial charge is 0.266 e. The molecule has 150 valence electrons. The van der Waals surface area contributed by atoms with Gasteiger partial charge >= 0.3 is 0 Å². The summed E-state index contributed by atoms with van der Waals surface area (Å²) in [4.78, 5) is 16.4. The second-order valence-electron chi connectivity index (χ2n) is 6.65. The molecule has 4 aromatic rings. The van der Waals surface area contributed by atoms with Crippen molar-refractivity contribution in [1.82, 2.24) is 25.2 Å². The van der Waals surface area contributed by atoms with Crippen molar-refractivity contribution in [3.05, 3.63) is 74.9 Å². The van der Waals surface area contributed by atoms with E-state index < -0.39 is 0 Å². The summed E-state index contributed by atoms with van der Waals surface area (Å²) >= 11 is 3.20. The minimum Gasteiger partial charge on any atom is -0.271 e. The quantitative estimate of drug-likeness (QED) is 0.472. The molecule has 0 aliphatic carbocycles. The third kappa shape index (κ3) is 3.66. The van der Waals surface area contributed by atoms with Crippen LogP contribution in [-0.4, -0.2) is 36.8 Å². The number of carbonyl (C=O) groups is 1. The van der Waals surface area contributed by atoms with Gasteiger partial charge in [-0.25, -0.2) is 9.40 Å². The first-order valence-corrected chi connectivity index (χ1v) is 10.9. The van der Waals surface area contributed by atoms with E-state index in [-0.39, 0.29) is 30.1 Å². The maximum absolute atomic E-state index is 13.4. The first-order chi connectivity index (χ1) is 14.7. The third-order valence-electron chi connectivity index (χ3n) is 4.66. The summed E-state index contributed by atoms with van der Waals surface area (Å²) in [5.74, 6) is -0.351. The lowest BCUT2D eigenvalue weighted by molar-refractivity contribution is -0.134. The molecule has 5 rings (SSSR count). The molecule has 1 amide bonds. The molecule has 1 aliphatic heterocycles. The average molecular weight is 439 g/mol. The van der Waals surface area contributed by atoms with Gasteiger partial charge < -0.3 is 0 Å². The number of halogens is 1. The minimum absolute atomic E-state index is 0.106. The summed E-state index contributed by atoms with van der Waals surface area (Å²) in [5.41, 5.74) is 1.40. The molecule has 7 nitrogen and oxygen atoms in total. The van der Waals surface area contributed by atoms with Crippen LogP contribution in [0.4, 0.5) is 4.39 Å². The highest BCUT2D eigenvalue weighted by Gasteiger charge is 2.34. The van der Waals surface area contributed by atoms with Crippen LogP contribution in [0.3, 0.4) is 0 Å². The van der Waals surface area contributed by atoms with Gasteiger partial charge in [0.05, 0.1) is 16.6 Å². The molecule has 0 bridgehead atoms. The normalized spacial score (nSPS) is 16.1. The van der Waals surface area contributed by atoms with E-state index >= 15 is 0 Å². The van der Waals surface area contributed by atoms with Gasteiger partial charge in [0.25, 0.3) is 5.91 Å². The molecule has 4 heterocycles. The summed E-state index contributed by atoms with van der Waals surface area (Å²) in [6.07, 6.45) is 0.659. The Bertz CT molecular complexity index is 1200. The van der Waals surface area contributed by atoms with Crippen molar-refractivity contribution in [2.24, 2.45) is 5.10 Å². The third-order valence-corrected chi connectivity index (χ3v) is 6.55. The van der Waals surface area contributed by atoms with E-state index in [2.05, 4.69) is 20.5 Å². The summed E-state index contributed by atoms with van der Waals surface area (Å²) in [6.45, 7) is -0.106. The van der Waals surface area contributed by atoms with Gasteiger partial charge in [-0.1, -0.05) is 24.3 Å². The molecule has 0 N–H and O–H groups in total. The number of tetrazole rings is 1. The molecular formula is C20H15FN6OS2. The van der Waals surface area contributed by atoms with Crippen LogP contribution in [-0.2, 0) is 11.3 Å². The Morgan fingerprint density at radius 3 is 2.77 bits per heavy atom. The first-order valence-electron chi connectivity index (χ1n) is 9.18. The average Bonchev–Trinajstić information content (AvgIpc) is 3.54. The lowest BCUT2D eigenvalue weighted by atomic mass is 10.1. The fourth-order valence-electron chi connectivity index (χ4n) is 3.28. The summed E-state index contributed by atoms with van der Waals surface area (Å²) in [7, 11) is 0. The maximum Gasteiger partial charge on any atom is 0.266 e. The zero-order valence-corrected chi connectivity index (χ0v) is 17.2. The van der Waals surface area contributed by atoms with Crippen LogP contribution >= 0.6 is 22.7 Å². The summed E-state index contributed by atoms with van der Waals surface area (Å²) < 4.78 is 13.4. The van der Waals surface area contributed by atoms with Crippen LogP contribution in [0.1, 0.15) is 22.2 Å². The van der Waals surface area contributed by atoms with Gasteiger partial charge in [-0.15, -0.1) is 32.9 Å². The van der Waals surface area contributed by atoms with E-state index in [1.165, 1.54) is 21.9 Å². The summed E-state index contributed by atoms with van der Waals surface area (Å²) in [5, 5.41) is 22.2. The molecule has 0 radical (unpaired) electrons. The Morgan fingerprint density at radius 2 is 2.00 bits per heavy atom. The summed E-state index contributed by atoms with van der Waals surface area (Å²) in [6, 6.07) is 13.7. The zero-order chi connectivity index (χ0) is 20.5. The molecule has 0 fully saturated rings. The van der Waals surface area contributed by atoms with E-state index in [9.17, 15) is 9.18 Å². The van der Waals surface area contributed by atoms with Gasteiger partial charge in [0.1, 0.15) is 12.4 Å². The Hall–Kier alpha value is -3.24. The predicted octanol–water partition coefficient (Wildman–Crippen LogP) is 3.98. The van der Waals surface area contributed by atoms with Gasteiger partial charge in [-0.05, 0) is 40.2 Å². The monoisotopic (exact) mass is 438 g/mol. The van der Waals surface area contributed by atoms with Gasteiger partial charge in [-0.2, -0.15) is 9.90 Å². The lowest BCUT2D eigenvalue weighted by Crippen LogP contribution is -2.30. The molecule has 0 spiro atoms. The molecule has 30 heavy (non-hydrogen) atoms. The molecule has 1 atom stereocenters. The fourth-order valence-corrected chi connectivity index (χ4v) is 4.81. The molecule has 0 unspecified atom stereocenters. The SMILES string of the molecule is O=C(Cn1nnc(-c2cccc(F)c2)n1)N1N=C(c2cccs2)C[C@@H]1c1cccs1. The highest BCUT2D eigenvalue weighted by atomic mass is 32.1. The number of rotatable bonds is 5. The standard InChI is InChI=1S/C20H15FN6OS2/c21-14-5-1-4-13(10-14)20-22-25-26(24-20)12-19(28)27-16(18-7-3-9-30-18)11-15(23-27)17-6-2-8-29-17/h1-10,16H,11-12H2/t16-/m1/s1. The number of hydrogen-bond donors (Lipinski definition) is 0. The highest BCUT2D eigenvalue weighted by Crippen LogP contribution is 2.36. The Kier molecular flexibility index (Phi) is 4.93. The molecule has 1 aliphatic rings. The van der Waals surface area contributed by atoms with E-state index in [1.54, 1.807) is 34.8 Å². The van der Waals surface area contributed by atoms with E-state index in [0.29, 0.717) is 12.0 Å². The number of carbonyl (C=O) groups excluding carboxylic acids is 1. The molecule has 3 aromatic heterocycles. The highest BCUT2D eigenvalue weighted by molar-refractivity contribution is 7.12. The topological polar surface area (TPSA) is 76.3 Å². The van der Waals surface area contributed by atoms with Crippen molar-refractivity contribution < 1.29 is 9.18 Å². The second-order valence-corrected chi connectivity index (χ2v) is 8.58. The molecule has 1 aromatic carbocycles. The van der Waals surface area contributed by atoms with Crippen LogP contribution < -0.4 is 0 Å². The van der Waals surface area contributed by atoms with Crippen LogP contribution in [0.15, 0.2) is 64.4 Å². The zero-order valence-electron chi connectivity index (χ0n) is 15.6. The van der Waals surface area contributed by atoms with Gasteiger partial charge in [0, 0.05) is 16.9 Å². The van der Waals surface area contributed by atoms with E-state index in [1.807, 2.05) is 35.0 Å². The number of amides is 1.